The van der Waals surface area contributed by atoms with E-state index in [0.29, 0.717) is 0 Å². The molecule has 0 aliphatic heterocycles. The van der Waals surface area contributed by atoms with E-state index >= 15 is 0 Å². The van der Waals surface area contributed by atoms with Gasteiger partial charge in [-0.2, -0.15) is 0 Å². The number of carbonyl (C=O) groups excluding carboxylic acids is 1. The molecule has 0 aliphatic carbocycles. The Hall–Kier alpha value is -0.670. The van der Waals surface area contributed by atoms with E-state index < -0.39 is 25.2 Å². The van der Waals surface area contributed by atoms with Crippen molar-refractivity contribution in [2.24, 2.45) is 0 Å². The Bertz CT molecular complexity index is 82.1. The Morgan fingerprint density at radius 3 is 2.12 bits per heavy atom. The lowest BCUT2D eigenvalue weighted by molar-refractivity contribution is -0.143. The number of halogens is 2. The van der Waals surface area contributed by atoms with Gasteiger partial charge in [-0.1, -0.05) is 0 Å². The van der Waals surface area contributed by atoms with E-state index in [1.165, 1.54) is 0 Å². The maximum atomic E-state index is 11.1. The molecule has 0 amide bonds. The summed E-state index contributed by atoms with van der Waals surface area (Å²) >= 11 is 0. The Labute approximate surface area is 45.1 Å². The van der Waals surface area contributed by atoms with Crippen molar-refractivity contribution in [2.45, 2.75) is 19.3 Å². The van der Waals surface area contributed by atoms with Gasteiger partial charge in [0.15, 0.2) is 0 Å². The summed E-state index contributed by atoms with van der Waals surface area (Å²) in [4.78, 5) is 9.46. The molecule has 0 heterocycles. The smallest absolute Gasteiger partial charge is 0.247 e. The van der Waals surface area contributed by atoms with Crippen LogP contribution in [0.2, 0.25) is 0 Å². The van der Waals surface area contributed by atoms with E-state index in [0.717, 1.165) is 0 Å². The second-order valence-corrected chi connectivity index (χ2v) is 1.30. The summed E-state index contributed by atoms with van der Waals surface area (Å²) in [6, 6.07) is 0. The topological polar surface area (TPSA) is 37.0 Å². The Morgan fingerprint density at radius 2 is 2.00 bits per heavy atom. The number of carbonyl (C=O) groups is 1. The van der Waals surface area contributed by atoms with Gasteiger partial charge in [0, 0.05) is 6.42 Å². The molecule has 4 heteroatoms. The summed E-state index contributed by atoms with van der Waals surface area (Å²) in [6.07, 6.45) is -3.70. The van der Waals surface area contributed by atoms with Crippen molar-refractivity contribution in [1.29, 1.82) is 0 Å². The van der Waals surface area contributed by atoms with Crippen LogP contribution in [-0.2, 0) is 9.90 Å². The molecule has 8 heavy (non-hydrogen) atoms. The highest BCUT2D eigenvalue weighted by molar-refractivity contribution is 5.66. The monoisotopic (exact) mass is 123 g/mol. The van der Waals surface area contributed by atoms with Gasteiger partial charge in [-0.25, -0.2) is 18.7 Å². The van der Waals surface area contributed by atoms with E-state index in [1.807, 2.05) is 0 Å². The average Bonchev–Trinajstić information content (AvgIpc) is 1.61. The zero-order chi connectivity index (χ0) is 6.57. The van der Waals surface area contributed by atoms with Crippen LogP contribution < -0.4 is 0 Å². The molecule has 0 N–H and O–H groups in total. The molecule has 47 valence electrons. The van der Waals surface area contributed by atoms with Crippen LogP contribution in [0.25, 0.3) is 0 Å². The molecule has 0 bridgehead atoms. The number of rotatable bonds is 3. The molecule has 0 fully saturated rings. The lowest BCUT2D eigenvalue weighted by Crippen LogP contribution is -1.97. The molecule has 0 spiro atoms. The zero-order valence-electron chi connectivity index (χ0n) is 4.06. The van der Waals surface area contributed by atoms with Gasteiger partial charge < -0.3 is 0 Å². The summed E-state index contributed by atoms with van der Waals surface area (Å²) in [5.41, 5.74) is 0. The minimum Gasteiger partial charge on any atom is -0.247 e. The fourth-order valence-electron chi connectivity index (χ4n) is 0.227. The molecular formula is C4H5F2O2. The van der Waals surface area contributed by atoms with Gasteiger partial charge in [-0.3, -0.25) is 0 Å². The van der Waals surface area contributed by atoms with Gasteiger partial charge in [0.05, 0.1) is 6.42 Å². The second-order valence-electron chi connectivity index (χ2n) is 1.30. The van der Waals surface area contributed by atoms with Crippen LogP contribution >= 0.6 is 0 Å². The van der Waals surface area contributed by atoms with E-state index in [2.05, 4.69) is 0 Å². The molecule has 0 aromatic heterocycles. The van der Waals surface area contributed by atoms with E-state index in [1.54, 1.807) is 0 Å². The van der Waals surface area contributed by atoms with Gasteiger partial charge >= 0.3 is 5.97 Å². The summed E-state index contributed by atoms with van der Waals surface area (Å²) in [6.45, 7) is 0. The predicted molar refractivity (Wildman–Crippen MR) is 20.9 cm³/mol. The third-order valence-corrected chi connectivity index (χ3v) is 0.567. The highest BCUT2D eigenvalue weighted by Gasteiger charge is 2.06. The van der Waals surface area contributed by atoms with Crippen LogP contribution in [0.5, 0.6) is 0 Å². The third-order valence-electron chi connectivity index (χ3n) is 0.567. The summed E-state index contributed by atoms with van der Waals surface area (Å²) < 4.78 is 22.2. The predicted octanol–water partition coefficient (Wildman–Crippen LogP) is 0.989. The number of alkyl halides is 2. The third kappa shape index (κ3) is 5.33. The van der Waals surface area contributed by atoms with E-state index in [-0.39, 0.29) is 0 Å². The van der Waals surface area contributed by atoms with Crippen molar-refractivity contribution in [3.05, 3.63) is 0 Å². The zero-order valence-corrected chi connectivity index (χ0v) is 4.06. The standard InChI is InChI=1S/C4H5F2O2/c5-3(6)1-2-4(7)8/h3H,1-2H2. The highest BCUT2D eigenvalue weighted by Crippen LogP contribution is 2.01. The normalized spacial score (nSPS) is 9.88. The molecule has 0 rings (SSSR count). The Kier molecular flexibility index (Phi) is 3.07. The van der Waals surface area contributed by atoms with Crippen LogP contribution in [-0.4, -0.2) is 12.4 Å². The molecule has 0 aromatic rings. The molecule has 1 radical (unpaired) electrons. The molecule has 0 aromatic carbocycles. The van der Waals surface area contributed by atoms with Gasteiger partial charge in [-0.15, -0.1) is 0 Å². The quantitative estimate of drug-likeness (QED) is 0.551. The molecular weight excluding hydrogens is 118 g/mol. The van der Waals surface area contributed by atoms with Gasteiger partial charge in [0.1, 0.15) is 0 Å². The summed E-state index contributed by atoms with van der Waals surface area (Å²) in [7, 11) is 0. The molecule has 0 aliphatic rings. The SMILES string of the molecule is [O]C(=O)CCC(F)F. The minimum atomic E-state index is -2.53. The van der Waals surface area contributed by atoms with Gasteiger partial charge in [0.25, 0.3) is 0 Å². The lowest BCUT2D eigenvalue weighted by Gasteiger charge is -1.89. The van der Waals surface area contributed by atoms with Crippen LogP contribution in [0.4, 0.5) is 8.78 Å². The van der Waals surface area contributed by atoms with Crippen molar-refractivity contribution < 1.29 is 18.7 Å². The first-order valence-electron chi connectivity index (χ1n) is 2.11. The number of hydrogen-bond donors (Lipinski definition) is 0. The average molecular weight is 123 g/mol. The first-order chi connectivity index (χ1) is 3.63. The second kappa shape index (κ2) is 3.35. The molecule has 0 saturated carbocycles. The van der Waals surface area contributed by atoms with Crippen molar-refractivity contribution >= 4 is 5.97 Å². The van der Waals surface area contributed by atoms with Crippen molar-refractivity contribution in [2.75, 3.05) is 0 Å². The first-order valence-corrected chi connectivity index (χ1v) is 2.11. The maximum absolute atomic E-state index is 11.1. The van der Waals surface area contributed by atoms with Crippen LogP contribution in [0.1, 0.15) is 12.8 Å². The molecule has 0 atom stereocenters. The fraction of sp³-hybridized carbons (Fsp3) is 0.750. The van der Waals surface area contributed by atoms with Crippen molar-refractivity contribution in [1.82, 2.24) is 0 Å². The molecule has 0 saturated heterocycles. The summed E-state index contributed by atoms with van der Waals surface area (Å²) in [5, 5.41) is 9.46. The van der Waals surface area contributed by atoms with Crippen molar-refractivity contribution in [3.8, 4) is 0 Å². The lowest BCUT2D eigenvalue weighted by atomic mass is 10.3. The molecule has 0 unspecified atom stereocenters. The Morgan fingerprint density at radius 1 is 1.50 bits per heavy atom. The largest absolute Gasteiger partial charge is 0.355 e. The van der Waals surface area contributed by atoms with E-state index in [4.69, 9.17) is 0 Å². The highest BCUT2D eigenvalue weighted by atomic mass is 19.3. The first kappa shape index (κ1) is 7.33. The van der Waals surface area contributed by atoms with Gasteiger partial charge in [0.2, 0.25) is 6.43 Å². The Balaban J connectivity index is 3.05. The fourth-order valence-corrected chi connectivity index (χ4v) is 0.227. The maximum Gasteiger partial charge on any atom is 0.355 e. The van der Waals surface area contributed by atoms with Crippen LogP contribution in [0.15, 0.2) is 0 Å². The summed E-state index contributed by atoms with van der Waals surface area (Å²) in [5.74, 6) is -1.43. The van der Waals surface area contributed by atoms with Gasteiger partial charge in [-0.05, 0) is 0 Å². The van der Waals surface area contributed by atoms with Crippen LogP contribution in [0, 0.1) is 0 Å². The van der Waals surface area contributed by atoms with Crippen LogP contribution in [0.3, 0.4) is 0 Å². The van der Waals surface area contributed by atoms with Crippen molar-refractivity contribution in [3.63, 3.8) is 0 Å². The number of hydrogen-bond acceptors (Lipinski definition) is 1. The van der Waals surface area contributed by atoms with E-state index in [9.17, 15) is 18.7 Å². The minimum absolute atomic E-state index is 0.558. The molecule has 2 nitrogen and oxygen atoms in total.